The molecule has 2 saturated heterocycles. The molecule has 1 N–H and O–H groups in total. The molecule has 3 heterocycles. The third kappa shape index (κ3) is 3.84. The monoisotopic (exact) mass is 341 g/mol. The van der Waals surface area contributed by atoms with Crippen LogP contribution in [0.5, 0.6) is 0 Å². The summed E-state index contributed by atoms with van der Waals surface area (Å²) in [6.07, 6.45) is 5.34. The first-order valence-corrected chi connectivity index (χ1v) is 8.01. The van der Waals surface area contributed by atoms with Crippen LogP contribution < -0.4 is 5.32 Å². The van der Waals surface area contributed by atoms with Gasteiger partial charge >= 0.3 is 0 Å². The van der Waals surface area contributed by atoms with Gasteiger partial charge in [-0.1, -0.05) is 0 Å². The third-order valence-electron chi connectivity index (χ3n) is 4.45. The summed E-state index contributed by atoms with van der Waals surface area (Å²) >= 11 is 0. The number of hydrogen-bond donors (Lipinski definition) is 1. The SMILES string of the molecule is CCn1cc(C(=O)N2CCCC(N3CCNCC3=O)C2)cn1.Cl. The minimum absolute atomic E-state index is 0. The van der Waals surface area contributed by atoms with Crippen molar-refractivity contribution in [2.75, 3.05) is 32.7 Å². The number of nitrogens with zero attached hydrogens (tertiary/aromatic N) is 4. The summed E-state index contributed by atoms with van der Waals surface area (Å²) < 4.78 is 1.76. The van der Waals surface area contributed by atoms with E-state index in [1.54, 1.807) is 17.1 Å². The molecule has 0 aromatic carbocycles. The molecule has 2 amide bonds. The normalized spacial score (nSPS) is 22.0. The first-order chi connectivity index (χ1) is 10.7. The smallest absolute Gasteiger partial charge is 0.257 e. The molecule has 23 heavy (non-hydrogen) atoms. The third-order valence-corrected chi connectivity index (χ3v) is 4.45. The van der Waals surface area contributed by atoms with Gasteiger partial charge in [0, 0.05) is 45.0 Å². The van der Waals surface area contributed by atoms with Crippen molar-refractivity contribution in [1.29, 1.82) is 0 Å². The Kier molecular flexibility index (Phi) is 6.01. The molecular formula is C15H24ClN5O2. The molecule has 2 aliphatic heterocycles. The molecule has 7 nitrogen and oxygen atoms in total. The van der Waals surface area contributed by atoms with E-state index in [1.807, 2.05) is 16.7 Å². The quantitative estimate of drug-likeness (QED) is 0.862. The van der Waals surface area contributed by atoms with E-state index in [0.29, 0.717) is 18.7 Å². The predicted molar refractivity (Wildman–Crippen MR) is 88.7 cm³/mol. The Morgan fingerprint density at radius 3 is 2.96 bits per heavy atom. The van der Waals surface area contributed by atoms with E-state index in [4.69, 9.17) is 0 Å². The highest BCUT2D eigenvalue weighted by Gasteiger charge is 2.32. The van der Waals surface area contributed by atoms with Crippen LogP contribution in [0.4, 0.5) is 0 Å². The second kappa shape index (κ2) is 7.79. The number of carbonyl (C=O) groups excluding carboxylic acids is 2. The van der Waals surface area contributed by atoms with Crippen LogP contribution in [0.3, 0.4) is 0 Å². The lowest BCUT2D eigenvalue weighted by atomic mass is 10.0. The van der Waals surface area contributed by atoms with Crippen LogP contribution in [0.25, 0.3) is 0 Å². The number of nitrogens with one attached hydrogen (secondary N) is 1. The molecular weight excluding hydrogens is 318 g/mol. The molecule has 0 aliphatic carbocycles. The number of hydrogen-bond acceptors (Lipinski definition) is 4. The van der Waals surface area contributed by atoms with E-state index in [2.05, 4.69) is 10.4 Å². The molecule has 1 aromatic heterocycles. The summed E-state index contributed by atoms with van der Waals surface area (Å²) in [5.74, 6) is 0.163. The summed E-state index contributed by atoms with van der Waals surface area (Å²) in [5, 5.41) is 7.26. The molecule has 0 bridgehead atoms. The number of carbonyl (C=O) groups is 2. The number of likely N-dealkylation sites (tertiary alicyclic amines) is 1. The summed E-state index contributed by atoms with van der Waals surface area (Å²) in [4.78, 5) is 28.4. The molecule has 128 valence electrons. The van der Waals surface area contributed by atoms with Crippen molar-refractivity contribution in [3.8, 4) is 0 Å². The van der Waals surface area contributed by atoms with Gasteiger partial charge < -0.3 is 15.1 Å². The predicted octanol–water partition coefficient (Wildman–Crippen LogP) is 0.361. The van der Waals surface area contributed by atoms with E-state index >= 15 is 0 Å². The van der Waals surface area contributed by atoms with Crippen molar-refractivity contribution in [3.05, 3.63) is 18.0 Å². The van der Waals surface area contributed by atoms with Crippen LogP contribution in [0.2, 0.25) is 0 Å². The van der Waals surface area contributed by atoms with Crippen molar-refractivity contribution in [1.82, 2.24) is 24.9 Å². The second-order valence-electron chi connectivity index (χ2n) is 5.90. The van der Waals surface area contributed by atoms with Gasteiger partial charge in [-0.25, -0.2) is 0 Å². The average molecular weight is 342 g/mol. The Morgan fingerprint density at radius 2 is 2.26 bits per heavy atom. The van der Waals surface area contributed by atoms with Crippen LogP contribution in [-0.4, -0.2) is 70.2 Å². The summed E-state index contributed by atoms with van der Waals surface area (Å²) in [6.45, 7) is 6.11. The largest absolute Gasteiger partial charge is 0.336 e. The van der Waals surface area contributed by atoms with Crippen LogP contribution in [0.15, 0.2) is 12.4 Å². The minimum atomic E-state index is 0. The molecule has 0 radical (unpaired) electrons. The Balaban J connectivity index is 0.00000192. The highest BCUT2D eigenvalue weighted by Crippen LogP contribution is 2.19. The molecule has 8 heteroatoms. The lowest BCUT2D eigenvalue weighted by Crippen LogP contribution is -2.57. The van der Waals surface area contributed by atoms with Gasteiger partial charge in [0.25, 0.3) is 5.91 Å². The molecule has 1 atom stereocenters. The van der Waals surface area contributed by atoms with E-state index in [0.717, 1.165) is 39.0 Å². The molecule has 2 fully saturated rings. The topological polar surface area (TPSA) is 70.5 Å². The van der Waals surface area contributed by atoms with Gasteiger partial charge in [-0.15, -0.1) is 12.4 Å². The summed E-state index contributed by atoms with van der Waals surface area (Å²) in [7, 11) is 0. The fraction of sp³-hybridized carbons (Fsp3) is 0.667. The molecule has 1 aromatic rings. The van der Waals surface area contributed by atoms with Gasteiger partial charge in [-0.2, -0.15) is 5.10 Å². The van der Waals surface area contributed by atoms with Crippen molar-refractivity contribution < 1.29 is 9.59 Å². The van der Waals surface area contributed by atoms with Gasteiger partial charge in [0.1, 0.15) is 0 Å². The highest BCUT2D eigenvalue weighted by molar-refractivity contribution is 5.93. The first-order valence-electron chi connectivity index (χ1n) is 8.01. The highest BCUT2D eigenvalue weighted by atomic mass is 35.5. The number of aromatic nitrogens is 2. The molecule has 1 unspecified atom stereocenters. The number of halogens is 1. The maximum Gasteiger partial charge on any atom is 0.257 e. The van der Waals surface area contributed by atoms with Crippen LogP contribution in [0.1, 0.15) is 30.1 Å². The maximum absolute atomic E-state index is 12.6. The van der Waals surface area contributed by atoms with E-state index < -0.39 is 0 Å². The first kappa shape index (κ1) is 17.7. The zero-order valence-corrected chi connectivity index (χ0v) is 14.2. The number of amides is 2. The van der Waals surface area contributed by atoms with Crippen LogP contribution in [0, 0.1) is 0 Å². The fourth-order valence-electron chi connectivity index (χ4n) is 3.23. The zero-order valence-electron chi connectivity index (χ0n) is 13.4. The number of piperidine rings is 1. The average Bonchev–Trinajstić information content (AvgIpc) is 3.04. The zero-order chi connectivity index (χ0) is 15.5. The second-order valence-corrected chi connectivity index (χ2v) is 5.90. The van der Waals surface area contributed by atoms with Crippen molar-refractivity contribution in [3.63, 3.8) is 0 Å². The summed E-state index contributed by atoms with van der Waals surface area (Å²) in [6, 6.07) is 0.147. The number of rotatable bonds is 3. The van der Waals surface area contributed by atoms with Crippen molar-refractivity contribution in [2.24, 2.45) is 0 Å². The lowest BCUT2D eigenvalue weighted by molar-refractivity contribution is -0.135. The number of aryl methyl sites for hydroxylation is 1. The van der Waals surface area contributed by atoms with Gasteiger partial charge in [-0.05, 0) is 19.8 Å². The maximum atomic E-state index is 12.6. The Hall–Kier alpha value is -1.60. The summed E-state index contributed by atoms with van der Waals surface area (Å²) in [5.41, 5.74) is 0.633. The van der Waals surface area contributed by atoms with E-state index in [-0.39, 0.29) is 30.3 Å². The lowest BCUT2D eigenvalue weighted by Gasteiger charge is -2.41. The van der Waals surface area contributed by atoms with E-state index in [9.17, 15) is 9.59 Å². The molecule has 0 saturated carbocycles. The molecule has 3 rings (SSSR count). The Labute approximate surface area is 142 Å². The van der Waals surface area contributed by atoms with E-state index in [1.165, 1.54) is 0 Å². The minimum Gasteiger partial charge on any atom is -0.336 e. The van der Waals surface area contributed by atoms with Crippen LogP contribution in [-0.2, 0) is 11.3 Å². The Bertz CT molecular complexity index is 562. The van der Waals surface area contributed by atoms with Crippen LogP contribution >= 0.6 is 12.4 Å². The van der Waals surface area contributed by atoms with Crippen molar-refractivity contribution >= 4 is 24.2 Å². The molecule has 0 spiro atoms. The number of piperazine rings is 1. The van der Waals surface area contributed by atoms with Crippen molar-refractivity contribution in [2.45, 2.75) is 32.4 Å². The standard InChI is InChI=1S/C15H23N5O2.ClH/c1-2-19-10-12(8-17-19)15(22)18-6-3-4-13(11-18)20-7-5-16-9-14(20)21;/h8,10,13,16H,2-7,9,11H2,1H3;1H. The van der Waals surface area contributed by atoms with Gasteiger partial charge in [-0.3, -0.25) is 14.3 Å². The fourth-order valence-corrected chi connectivity index (χ4v) is 3.23. The molecule has 2 aliphatic rings. The Morgan fingerprint density at radius 1 is 1.43 bits per heavy atom. The van der Waals surface area contributed by atoms with Gasteiger partial charge in [0.2, 0.25) is 5.91 Å². The van der Waals surface area contributed by atoms with Gasteiger partial charge in [0.15, 0.2) is 0 Å². The van der Waals surface area contributed by atoms with Gasteiger partial charge in [0.05, 0.1) is 18.3 Å².